The molecule has 0 saturated carbocycles. The normalized spacial score (nSPS) is 16.1. The van der Waals surface area contributed by atoms with Gasteiger partial charge in [-0.2, -0.15) is 5.10 Å². The number of nitrogens with zero attached hydrogens (tertiary/aromatic N) is 5. The molecule has 0 aromatic carbocycles. The van der Waals surface area contributed by atoms with Crippen LogP contribution in [0.15, 0.2) is 36.2 Å². The van der Waals surface area contributed by atoms with E-state index >= 15 is 0 Å². The lowest BCUT2D eigenvalue weighted by Crippen LogP contribution is -2.48. The number of fused-ring (bicyclic) bond motifs is 1. The van der Waals surface area contributed by atoms with Crippen LogP contribution in [0.4, 0.5) is 5.82 Å². The van der Waals surface area contributed by atoms with Gasteiger partial charge in [0.05, 0.1) is 11.4 Å². The minimum atomic E-state index is 0.462. The molecular weight excluding hydrogens is 246 g/mol. The maximum absolute atomic E-state index is 4.41. The van der Waals surface area contributed by atoms with E-state index in [2.05, 4.69) is 31.4 Å². The van der Waals surface area contributed by atoms with Gasteiger partial charge >= 0.3 is 0 Å². The fourth-order valence-electron chi connectivity index (χ4n) is 2.32. The summed E-state index contributed by atoms with van der Waals surface area (Å²) < 4.78 is 2.02. The van der Waals surface area contributed by atoms with Crippen LogP contribution in [-0.2, 0) is 0 Å². The van der Waals surface area contributed by atoms with E-state index in [0.717, 1.165) is 29.1 Å². The van der Waals surface area contributed by atoms with Crippen molar-refractivity contribution in [3.05, 3.63) is 36.2 Å². The quantitative estimate of drug-likeness (QED) is 0.704. The molecule has 5 nitrogen and oxygen atoms in total. The predicted octanol–water partition coefficient (Wildman–Crippen LogP) is 1.95. The Labute approximate surface area is 108 Å². The molecule has 4 heterocycles. The summed E-state index contributed by atoms with van der Waals surface area (Å²) in [7, 11) is 0. The molecule has 0 aliphatic carbocycles. The fourth-order valence-corrected chi connectivity index (χ4v) is 3.05. The van der Waals surface area contributed by atoms with E-state index in [1.165, 1.54) is 0 Å². The summed E-state index contributed by atoms with van der Waals surface area (Å²) in [6.45, 7) is 1.92. The van der Waals surface area contributed by atoms with E-state index in [1.54, 1.807) is 17.7 Å². The van der Waals surface area contributed by atoms with Crippen LogP contribution in [0.1, 0.15) is 6.04 Å². The maximum atomic E-state index is 4.41. The Kier molecular flexibility index (Phi) is 2.10. The van der Waals surface area contributed by atoms with Crippen molar-refractivity contribution in [3.8, 4) is 0 Å². The van der Waals surface area contributed by atoms with Crippen molar-refractivity contribution in [1.29, 1.82) is 0 Å². The van der Waals surface area contributed by atoms with Crippen molar-refractivity contribution in [1.82, 2.24) is 19.7 Å². The second-order valence-electron chi connectivity index (χ2n) is 4.38. The largest absolute Gasteiger partial charge is 0.352 e. The summed E-state index contributed by atoms with van der Waals surface area (Å²) in [6.07, 6.45) is 5.49. The number of rotatable bonds is 2. The SMILES string of the molecule is c1cnn(C2CN(c3ncnc4sccc34)C2)c1. The van der Waals surface area contributed by atoms with Crippen LogP contribution >= 0.6 is 11.3 Å². The van der Waals surface area contributed by atoms with Gasteiger partial charge in [0.1, 0.15) is 17.0 Å². The number of aromatic nitrogens is 4. The molecular formula is C12H11N5S. The molecule has 18 heavy (non-hydrogen) atoms. The summed E-state index contributed by atoms with van der Waals surface area (Å²) >= 11 is 1.66. The third-order valence-electron chi connectivity index (χ3n) is 3.30. The summed E-state index contributed by atoms with van der Waals surface area (Å²) in [4.78, 5) is 12.0. The first-order valence-corrected chi connectivity index (χ1v) is 6.72. The van der Waals surface area contributed by atoms with Gasteiger partial charge in [-0.15, -0.1) is 11.3 Å². The first-order chi connectivity index (χ1) is 8.92. The van der Waals surface area contributed by atoms with E-state index in [4.69, 9.17) is 0 Å². The smallest absolute Gasteiger partial charge is 0.140 e. The topological polar surface area (TPSA) is 46.8 Å². The summed E-state index contributed by atoms with van der Waals surface area (Å²) in [6, 6.07) is 4.52. The highest BCUT2D eigenvalue weighted by Gasteiger charge is 2.30. The number of hydrogen-bond donors (Lipinski definition) is 0. The van der Waals surface area contributed by atoms with E-state index in [1.807, 2.05) is 23.1 Å². The summed E-state index contributed by atoms with van der Waals surface area (Å²) in [5, 5.41) is 7.50. The molecule has 0 radical (unpaired) electrons. The van der Waals surface area contributed by atoms with Gasteiger partial charge in [-0.3, -0.25) is 4.68 Å². The molecule has 3 aromatic heterocycles. The number of anilines is 1. The van der Waals surface area contributed by atoms with Crippen molar-refractivity contribution in [3.63, 3.8) is 0 Å². The second-order valence-corrected chi connectivity index (χ2v) is 5.28. The van der Waals surface area contributed by atoms with Crippen molar-refractivity contribution >= 4 is 27.4 Å². The van der Waals surface area contributed by atoms with Gasteiger partial charge in [0.2, 0.25) is 0 Å². The van der Waals surface area contributed by atoms with Crippen LogP contribution < -0.4 is 4.90 Å². The molecule has 0 unspecified atom stereocenters. The standard InChI is InChI=1S/C12H11N5S/c1-3-15-17(4-1)9-6-16(7-9)11-10-2-5-18-12(10)14-8-13-11/h1-5,8-9H,6-7H2. The fraction of sp³-hybridized carbons (Fsp3) is 0.250. The monoisotopic (exact) mass is 257 g/mol. The van der Waals surface area contributed by atoms with E-state index < -0.39 is 0 Å². The van der Waals surface area contributed by atoms with Gasteiger partial charge in [0.15, 0.2) is 0 Å². The minimum absolute atomic E-state index is 0.462. The minimum Gasteiger partial charge on any atom is -0.352 e. The lowest BCUT2D eigenvalue weighted by molar-refractivity contribution is 0.366. The molecule has 1 saturated heterocycles. The molecule has 0 bridgehead atoms. The van der Waals surface area contributed by atoms with Crippen LogP contribution in [0.3, 0.4) is 0 Å². The summed E-state index contributed by atoms with van der Waals surface area (Å²) in [5.41, 5.74) is 0. The molecule has 1 aliphatic heterocycles. The Morgan fingerprint density at radius 3 is 3.06 bits per heavy atom. The van der Waals surface area contributed by atoms with Gasteiger partial charge < -0.3 is 4.90 Å². The van der Waals surface area contributed by atoms with Crippen LogP contribution in [0.2, 0.25) is 0 Å². The third-order valence-corrected chi connectivity index (χ3v) is 4.12. The molecule has 6 heteroatoms. The summed E-state index contributed by atoms with van der Waals surface area (Å²) in [5.74, 6) is 1.05. The molecule has 1 fully saturated rings. The van der Waals surface area contributed by atoms with E-state index in [-0.39, 0.29) is 0 Å². The highest BCUT2D eigenvalue weighted by molar-refractivity contribution is 7.16. The van der Waals surface area contributed by atoms with E-state index in [0.29, 0.717) is 6.04 Å². The molecule has 4 rings (SSSR count). The molecule has 0 spiro atoms. The first kappa shape index (κ1) is 10.0. The van der Waals surface area contributed by atoms with Crippen molar-refractivity contribution in [2.24, 2.45) is 0 Å². The van der Waals surface area contributed by atoms with Gasteiger partial charge in [-0.05, 0) is 17.5 Å². The van der Waals surface area contributed by atoms with Crippen LogP contribution in [0.5, 0.6) is 0 Å². The van der Waals surface area contributed by atoms with Crippen molar-refractivity contribution < 1.29 is 0 Å². The lowest BCUT2D eigenvalue weighted by atomic mass is 10.1. The average Bonchev–Trinajstić information content (AvgIpc) is 2.97. The Hall–Kier alpha value is -1.95. The predicted molar refractivity (Wildman–Crippen MR) is 70.9 cm³/mol. The number of hydrogen-bond acceptors (Lipinski definition) is 5. The van der Waals surface area contributed by atoms with Crippen LogP contribution in [0.25, 0.3) is 10.2 Å². The van der Waals surface area contributed by atoms with Gasteiger partial charge in [-0.25, -0.2) is 9.97 Å². The average molecular weight is 257 g/mol. The van der Waals surface area contributed by atoms with Gasteiger partial charge in [-0.1, -0.05) is 0 Å². The Balaban J connectivity index is 1.61. The number of thiophene rings is 1. The molecule has 0 amide bonds. The molecule has 90 valence electrons. The third kappa shape index (κ3) is 1.42. The molecule has 0 N–H and O–H groups in total. The van der Waals surface area contributed by atoms with Crippen molar-refractivity contribution in [2.45, 2.75) is 6.04 Å². The Morgan fingerprint density at radius 2 is 2.22 bits per heavy atom. The van der Waals surface area contributed by atoms with Crippen LogP contribution in [-0.4, -0.2) is 32.8 Å². The van der Waals surface area contributed by atoms with Gasteiger partial charge in [0, 0.05) is 25.5 Å². The molecule has 0 atom stereocenters. The zero-order valence-corrected chi connectivity index (χ0v) is 10.4. The van der Waals surface area contributed by atoms with Crippen LogP contribution in [0, 0.1) is 0 Å². The first-order valence-electron chi connectivity index (χ1n) is 5.84. The lowest BCUT2D eigenvalue weighted by Gasteiger charge is -2.40. The second kappa shape index (κ2) is 3.78. The Morgan fingerprint density at radius 1 is 1.28 bits per heavy atom. The van der Waals surface area contributed by atoms with Gasteiger partial charge in [0.25, 0.3) is 0 Å². The highest BCUT2D eigenvalue weighted by atomic mass is 32.1. The Bertz CT molecular complexity index is 669. The molecule has 3 aromatic rings. The zero-order chi connectivity index (χ0) is 11.9. The highest BCUT2D eigenvalue weighted by Crippen LogP contribution is 2.32. The molecule has 1 aliphatic rings. The zero-order valence-electron chi connectivity index (χ0n) is 9.60. The maximum Gasteiger partial charge on any atom is 0.140 e. The van der Waals surface area contributed by atoms with Crippen molar-refractivity contribution in [2.75, 3.05) is 18.0 Å². The van der Waals surface area contributed by atoms with E-state index in [9.17, 15) is 0 Å².